The first kappa shape index (κ1) is 14.7. The Labute approximate surface area is 114 Å². The predicted molar refractivity (Wildman–Crippen MR) is 77.7 cm³/mol. The van der Waals surface area contributed by atoms with Crippen molar-refractivity contribution in [1.82, 2.24) is 9.78 Å². The maximum Gasteiger partial charge on any atom is 0.0630 e. The van der Waals surface area contributed by atoms with Crippen molar-refractivity contribution >= 4 is 15.9 Å². The van der Waals surface area contributed by atoms with Gasteiger partial charge in [-0.2, -0.15) is 5.10 Å². The van der Waals surface area contributed by atoms with E-state index in [1.165, 1.54) is 12.1 Å². The number of rotatable bonds is 6. The highest BCUT2D eigenvalue weighted by Crippen LogP contribution is 2.29. The summed E-state index contributed by atoms with van der Waals surface area (Å²) in [6.07, 6.45) is 5.45. The van der Waals surface area contributed by atoms with Crippen LogP contribution in [0.2, 0.25) is 0 Å². The van der Waals surface area contributed by atoms with Gasteiger partial charge in [0.2, 0.25) is 0 Å². The molecule has 0 aliphatic rings. The quantitative estimate of drug-likeness (QED) is 0.702. The van der Waals surface area contributed by atoms with Crippen LogP contribution in [0.5, 0.6) is 0 Å². The highest BCUT2D eigenvalue weighted by Gasteiger charge is 2.22. The van der Waals surface area contributed by atoms with Gasteiger partial charge in [-0.1, -0.05) is 43.6 Å². The average Bonchev–Trinajstić information content (AvgIpc) is 2.61. The summed E-state index contributed by atoms with van der Waals surface area (Å²) in [7, 11) is 0. The molecule has 98 valence electrons. The largest absolute Gasteiger partial charge is 0.270 e. The van der Waals surface area contributed by atoms with E-state index < -0.39 is 0 Å². The van der Waals surface area contributed by atoms with Gasteiger partial charge in [-0.15, -0.1) is 0 Å². The minimum Gasteiger partial charge on any atom is -0.270 e. The molecule has 0 bridgehead atoms. The molecule has 0 fully saturated rings. The predicted octanol–water partition coefficient (Wildman–Crippen LogP) is 4.60. The minimum atomic E-state index is 0.303. The van der Waals surface area contributed by atoms with Gasteiger partial charge in [0.05, 0.1) is 5.69 Å². The van der Waals surface area contributed by atoms with Gasteiger partial charge in [-0.25, -0.2) is 0 Å². The Kier molecular flexibility index (Phi) is 5.23. The fraction of sp³-hybridized carbons (Fsp3) is 0.786. The van der Waals surface area contributed by atoms with Gasteiger partial charge in [-0.05, 0) is 37.7 Å². The van der Waals surface area contributed by atoms with E-state index in [4.69, 9.17) is 0 Å². The van der Waals surface area contributed by atoms with Crippen molar-refractivity contribution < 1.29 is 0 Å². The highest BCUT2D eigenvalue weighted by atomic mass is 79.9. The Balaban J connectivity index is 2.65. The van der Waals surface area contributed by atoms with E-state index in [-0.39, 0.29) is 0 Å². The SMILES string of the molecule is CCC(C)n1ccc(CC(C)(C)CC(C)Br)n1. The van der Waals surface area contributed by atoms with Crippen LogP contribution < -0.4 is 0 Å². The molecule has 0 aromatic carbocycles. The molecule has 0 saturated carbocycles. The molecule has 2 nitrogen and oxygen atoms in total. The normalized spacial score (nSPS) is 15.9. The lowest BCUT2D eigenvalue weighted by atomic mass is 9.83. The summed E-state index contributed by atoms with van der Waals surface area (Å²) >= 11 is 3.64. The van der Waals surface area contributed by atoms with Crippen LogP contribution in [0.1, 0.15) is 59.2 Å². The molecular formula is C14H25BrN2. The third kappa shape index (κ3) is 4.82. The van der Waals surface area contributed by atoms with Crippen LogP contribution in [0.3, 0.4) is 0 Å². The second-order valence-electron chi connectivity index (χ2n) is 5.87. The van der Waals surface area contributed by atoms with E-state index in [1.807, 2.05) is 0 Å². The number of hydrogen-bond donors (Lipinski definition) is 0. The first-order chi connectivity index (χ1) is 7.84. The molecule has 3 heteroatoms. The van der Waals surface area contributed by atoms with E-state index in [0.717, 1.165) is 12.8 Å². The van der Waals surface area contributed by atoms with Crippen molar-refractivity contribution in [3.63, 3.8) is 0 Å². The minimum absolute atomic E-state index is 0.303. The zero-order valence-electron chi connectivity index (χ0n) is 11.7. The van der Waals surface area contributed by atoms with Crippen molar-refractivity contribution in [1.29, 1.82) is 0 Å². The molecule has 1 rings (SSSR count). The summed E-state index contributed by atoms with van der Waals surface area (Å²) in [5, 5.41) is 4.67. The lowest BCUT2D eigenvalue weighted by molar-refractivity contribution is 0.328. The van der Waals surface area contributed by atoms with Gasteiger partial charge in [-0.3, -0.25) is 4.68 Å². The van der Waals surface area contributed by atoms with Crippen LogP contribution in [-0.4, -0.2) is 14.6 Å². The second-order valence-corrected chi connectivity index (χ2v) is 7.43. The molecule has 0 radical (unpaired) electrons. The van der Waals surface area contributed by atoms with Gasteiger partial charge in [0.15, 0.2) is 0 Å². The third-order valence-electron chi connectivity index (χ3n) is 3.20. The number of hydrogen-bond acceptors (Lipinski definition) is 1. The van der Waals surface area contributed by atoms with E-state index in [2.05, 4.69) is 72.6 Å². The zero-order valence-corrected chi connectivity index (χ0v) is 13.3. The molecular weight excluding hydrogens is 276 g/mol. The lowest BCUT2D eigenvalue weighted by Crippen LogP contribution is -2.19. The topological polar surface area (TPSA) is 17.8 Å². The summed E-state index contributed by atoms with van der Waals surface area (Å²) < 4.78 is 2.09. The summed E-state index contributed by atoms with van der Waals surface area (Å²) in [5.41, 5.74) is 1.51. The number of alkyl halides is 1. The van der Waals surface area contributed by atoms with Crippen LogP contribution in [-0.2, 0) is 6.42 Å². The maximum absolute atomic E-state index is 4.67. The Hall–Kier alpha value is -0.310. The number of halogens is 1. The molecule has 0 saturated heterocycles. The Bertz CT molecular complexity index is 342. The fourth-order valence-corrected chi connectivity index (χ4v) is 3.10. The van der Waals surface area contributed by atoms with Crippen LogP contribution in [0.25, 0.3) is 0 Å². The molecule has 0 aliphatic heterocycles. The van der Waals surface area contributed by atoms with Crippen molar-refractivity contribution in [2.24, 2.45) is 5.41 Å². The number of aromatic nitrogens is 2. The summed E-state index contributed by atoms with van der Waals surface area (Å²) in [6.45, 7) is 11.2. The molecule has 1 heterocycles. The average molecular weight is 301 g/mol. The second kappa shape index (κ2) is 6.03. The fourth-order valence-electron chi connectivity index (χ4n) is 2.23. The van der Waals surface area contributed by atoms with E-state index >= 15 is 0 Å². The lowest BCUT2D eigenvalue weighted by Gasteiger charge is -2.25. The Morgan fingerprint density at radius 2 is 2.06 bits per heavy atom. The Morgan fingerprint density at radius 3 is 2.59 bits per heavy atom. The standard InChI is InChI=1S/C14H25BrN2/c1-6-12(3)17-8-7-13(16-17)10-14(4,5)9-11(2)15/h7-8,11-12H,6,9-10H2,1-5H3. The summed E-state index contributed by atoms with van der Waals surface area (Å²) in [5.74, 6) is 0. The van der Waals surface area contributed by atoms with E-state index in [0.29, 0.717) is 16.3 Å². The molecule has 2 atom stereocenters. The van der Waals surface area contributed by atoms with Gasteiger partial charge < -0.3 is 0 Å². The Morgan fingerprint density at radius 1 is 1.41 bits per heavy atom. The third-order valence-corrected chi connectivity index (χ3v) is 3.52. The number of nitrogens with zero attached hydrogens (tertiary/aromatic N) is 2. The van der Waals surface area contributed by atoms with Crippen LogP contribution in [0.4, 0.5) is 0 Å². The molecule has 0 aliphatic carbocycles. The van der Waals surface area contributed by atoms with Gasteiger partial charge >= 0.3 is 0 Å². The van der Waals surface area contributed by atoms with Crippen molar-refractivity contribution in [3.8, 4) is 0 Å². The van der Waals surface area contributed by atoms with Crippen LogP contribution >= 0.6 is 15.9 Å². The first-order valence-corrected chi connectivity index (χ1v) is 7.43. The summed E-state index contributed by atoms with van der Waals surface area (Å²) in [6, 6.07) is 2.66. The smallest absolute Gasteiger partial charge is 0.0630 e. The van der Waals surface area contributed by atoms with Crippen molar-refractivity contribution in [3.05, 3.63) is 18.0 Å². The molecule has 0 spiro atoms. The van der Waals surface area contributed by atoms with E-state index in [1.54, 1.807) is 0 Å². The van der Waals surface area contributed by atoms with Crippen molar-refractivity contribution in [2.75, 3.05) is 0 Å². The first-order valence-electron chi connectivity index (χ1n) is 6.52. The molecule has 0 N–H and O–H groups in total. The van der Waals surface area contributed by atoms with E-state index in [9.17, 15) is 0 Å². The molecule has 1 aromatic heterocycles. The molecule has 1 aromatic rings. The van der Waals surface area contributed by atoms with Crippen molar-refractivity contribution in [2.45, 2.75) is 64.8 Å². The van der Waals surface area contributed by atoms with Crippen LogP contribution in [0, 0.1) is 5.41 Å². The molecule has 17 heavy (non-hydrogen) atoms. The van der Waals surface area contributed by atoms with Gasteiger partial charge in [0, 0.05) is 17.1 Å². The monoisotopic (exact) mass is 300 g/mol. The maximum atomic E-state index is 4.67. The van der Waals surface area contributed by atoms with Crippen LogP contribution in [0.15, 0.2) is 12.3 Å². The molecule has 0 amide bonds. The molecule has 2 unspecified atom stereocenters. The van der Waals surface area contributed by atoms with Gasteiger partial charge in [0.1, 0.15) is 0 Å². The highest BCUT2D eigenvalue weighted by molar-refractivity contribution is 9.09. The van der Waals surface area contributed by atoms with Gasteiger partial charge in [0.25, 0.3) is 0 Å². The summed E-state index contributed by atoms with van der Waals surface area (Å²) in [4.78, 5) is 0.564. The zero-order chi connectivity index (χ0) is 13.1.